The first kappa shape index (κ1) is 15.5. The number of H-pyrrole nitrogens is 1. The summed E-state index contributed by atoms with van der Waals surface area (Å²) in [6.07, 6.45) is 1.61. The molecule has 3 heterocycles. The minimum absolute atomic E-state index is 0.0335. The fourth-order valence-electron chi connectivity index (χ4n) is 2.51. The number of fused-ring (bicyclic) bond motifs is 1. The molecule has 0 radical (unpaired) electrons. The van der Waals surface area contributed by atoms with Crippen LogP contribution in [0.5, 0.6) is 0 Å². The minimum atomic E-state index is -3.33. The van der Waals surface area contributed by atoms with Crippen LogP contribution in [-0.4, -0.2) is 65.1 Å². The summed E-state index contributed by atoms with van der Waals surface area (Å²) in [7, 11) is -2.14. The highest BCUT2D eigenvalue weighted by Gasteiger charge is 2.37. The Hall–Kier alpha value is -2.40. The Morgan fingerprint density at radius 1 is 1.48 bits per heavy atom. The first-order valence-electron chi connectivity index (χ1n) is 6.64. The topological polar surface area (TPSA) is 143 Å². The molecule has 3 rings (SSSR count). The number of aromatic nitrogens is 3. The van der Waals surface area contributed by atoms with Crippen molar-refractivity contribution in [2.24, 2.45) is 0 Å². The minimum Gasteiger partial charge on any atom is -0.465 e. The molecule has 0 bridgehead atoms. The summed E-state index contributed by atoms with van der Waals surface area (Å²) in [5.41, 5.74) is 2.60. The summed E-state index contributed by atoms with van der Waals surface area (Å²) in [4.78, 5) is 23.6. The van der Waals surface area contributed by atoms with Crippen LogP contribution in [0.2, 0.25) is 0 Å². The summed E-state index contributed by atoms with van der Waals surface area (Å²) < 4.78 is 29.0. The van der Waals surface area contributed by atoms with E-state index in [-0.39, 0.29) is 28.3 Å². The first-order chi connectivity index (χ1) is 10.8. The molecule has 3 aliphatic rings. The number of hydrogen-bond donors (Lipinski definition) is 3. The van der Waals surface area contributed by atoms with Crippen molar-refractivity contribution in [3.63, 3.8) is 0 Å². The maximum Gasteiger partial charge on any atom is 0.341 e. The van der Waals surface area contributed by atoms with Gasteiger partial charge < -0.3 is 15.3 Å². The third-order valence-electron chi connectivity index (χ3n) is 3.60. The zero-order chi connectivity index (χ0) is 16.8. The molecule has 2 atom stereocenters. The number of carbonyl (C=O) groups excluding carboxylic acids is 1. The van der Waals surface area contributed by atoms with Gasteiger partial charge in [0.25, 0.3) is 5.56 Å². The van der Waals surface area contributed by atoms with E-state index < -0.39 is 33.5 Å². The quantitative estimate of drug-likeness (QED) is 0.552. The number of aliphatic hydroxyl groups excluding tert-OH is 1. The number of methoxy groups -OCH3 is 1. The van der Waals surface area contributed by atoms with E-state index in [4.69, 9.17) is 0 Å². The Morgan fingerprint density at radius 2 is 2.22 bits per heavy atom. The monoisotopic (exact) mass is 342 g/mol. The van der Waals surface area contributed by atoms with Crippen molar-refractivity contribution in [3.8, 4) is 11.3 Å². The Bertz CT molecular complexity index is 885. The van der Waals surface area contributed by atoms with Crippen molar-refractivity contribution in [2.45, 2.75) is 12.1 Å². The Morgan fingerprint density at radius 3 is 2.83 bits per heavy atom. The van der Waals surface area contributed by atoms with Crippen LogP contribution in [0, 0.1) is 0 Å². The summed E-state index contributed by atoms with van der Waals surface area (Å²) in [6, 6.07) is -0.755. The largest absolute Gasteiger partial charge is 0.465 e. The molecular weight excluding hydrogens is 328 g/mol. The van der Waals surface area contributed by atoms with Crippen molar-refractivity contribution in [3.05, 3.63) is 28.3 Å². The number of ether oxygens (including phenoxy) is 1. The van der Waals surface area contributed by atoms with Gasteiger partial charge in [-0.3, -0.25) is 9.47 Å². The number of rotatable bonds is 3. The highest BCUT2D eigenvalue weighted by atomic mass is 32.2. The smallest absolute Gasteiger partial charge is 0.341 e. The number of pyridine rings is 1. The second-order valence-corrected chi connectivity index (χ2v) is 7.42. The second kappa shape index (κ2) is 5.35. The van der Waals surface area contributed by atoms with Crippen LogP contribution in [0.4, 0.5) is 0 Å². The molecule has 3 N–H and O–H groups in total. The van der Waals surface area contributed by atoms with Crippen LogP contribution < -0.4 is 11.0 Å². The zero-order valence-corrected chi connectivity index (χ0v) is 12.8. The van der Waals surface area contributed by atoms with Gasteiger partial charge in [0.2, 0.25) is 0 Å². The molecular formula is C12H14N4O6S. The van der Waals surface area contributed by atoms with E-state index in [1.165, 1.54) is 24.2 Å². The van der Waals surface area contributed by atoms with Crippen LogP contribution in [0.1, 0.15) is 10.4 Å². The van der Waals surface area contributed by atoms with E-state index in [1.54, 1.807) is 0 Å². The average molecular weight is 342 g/mol. The molecule has 11 heteroatoms. The molecule has 10 nitrogen and oxygen atoms in total. The number of hydrogen-bond acceptors (Lipinski definition) is 8. The predicted molar refractivity (Wildman–Crippen MR) is 78.6 cm³/mol. The van der Waals surface area contributed by atoms with E-state index >= 15 is 0 Å². The molecule has 0 aromatic carbocycles. The molecule has 23 heavy (non-hydrogen) atoms. The number of aromatic amines is 1. The van der Waals surface area contributed by atoms with Gasteiger partial charge >= 0.3 is 5.97 Å². The fourth-order valence-corrected chi connectivity index (χ4v) is 4.25. The molecule has 0 saturated carbocycles. The van der Waals surface area contributed by atoms with Crippen LogP contribution in [-0.2, 0) is 14.6 Å². The second-order valence-electron chi connectivity index (χ2n) is 5.27. The lowest BCUT2D eigenvalue weighted by molar-refractivity contribution is 0.0600. The third kappa shape index (κ3) is 2.80. The maximum atomic E-state index is 11.8. The van der Waals surface area contributed by atoms with Gasteiger partial charge in [-0.2, -0.15) is 5.10 Å². The predicted octanol–water partition coefficient (Wildman–Crippen LogP) is -1.84. The lowest BCUT2D eigenvalue weighted by Gasteiger charge is -2.20. The van der Waals surface area contributed by atoms with Crippen molar-refractivity contribution in [2.75, 3.05) is 24.0 Å². The zero-order valence-electron chi connectivity index (χ0n) is 12.0. The summed E-state index contributed by atoms with van der Waals surface area (Å²) in [5, 5.41) is 15.8. The number of sulfone groups is 1. The number of esters is 1. The van der Waals surface area contributed by atoms with E-state index in [1.807, 2.05) is 0 Å². The summed E-state index contributed by atoms with van der Waals surface area (Å²) >= 11 is 0. The third-order valence-corrected chi connectivity index (χ3v) is 5.32. The fraction of sp³-hybridized carbons (Fsp3) is 0.417. The van der Waals surface area contributed by atoms with Crippen LogP contribution in [0.25, 0.3) is 11.3 Å². The molecule has 124 valence electrons. The van der Waals surface area contributed by atoms with Gasteiger partial charge in [0.1, 0.15) is 11.3 Å². The van der Waals surface area contributed by atoms with Gasteiger partial charge in [-0.05, 0) is 0 Å². The van der Waals surface area contributed by atoms with Gasteiger partial charge in [-0.25, -0.2) is 18.3 Å². The SMILES string of the molecule is COC(=O)c1cn(N[C@@H]2CS(=O)(=O)C[C@@H]2O)cc2c(=O)[nH]nc1-2. The first-order valence-corrected chi connectivity index (χ1v) is 8.46. The standard InChI is InChI=1S/C12H14N4O6S/c1-22-12(19)7-3-16(2-6-10(7)13-14-11(6)18)15-8-4-23(20,21)5-9(8)17/h2-3,8-9,15,17H,4-5H2,1H3,(H,14,18)/t8-,9+/m1/s1. The van der Waals surface area contributed by atoms with Crippen LogP contribution in [0.15, 0.2) is 17.2 Å². The Balaban J connectivity index is 2.01. The molecule has 1 saturated heterocycles. The lowest BCUT2D eigenvalue weighted by atomic mass is 10.1. The van der Waals surface area contributed by atoms with Gasteiger partial charge in [-0.1, -0.05) is 0 Å². The Labute approximate surface area is 130 Å². The van der Waals surface area contributed by atoms with Crippen molar-refractivity contribution < 1.29 is 23.1 Å². The molecule has 0 unspecified atom stereocenters. The molecule has 0 spiro atoms. The molecule has 0 aromatic heterocycles. The summed E-state index contributed by atoms with van der Waals surface area (Å²) in [6.45, 7) is 0. The van der Waals surface area contributed by atoms with Crippen LogP contribution >= 0.6 is 0 Å². The molecule has 0 aromatic rings. The van der Waals surface area contributed by atoms with E-state index in [0.717, 1.165) is 0 Å². The molecule has 1 fully saturated rings. The number of carbonyl (C=O) groups is 1. The maximum absolute atomic E-state index is 11.8. The van der Waals surface area contributed by atoms with Crippen molar-refractivity contribution >= 4 is 15.8 Å². The number of nitrogens with one attached hydrogen (secondary N) is 2. The summed E-state index contributed by atoms with van der Waals surface area (Å²) in [5.74, 6) is -1.28. The van der Waals surface area contributed by atoms with Gasteiger partial charge in [0.15, 0.2) is 9.84 Å². The van der Waals surface area contributed by atoms with Gasteiger partial charge in [-0.15, -0.1) is 0 Å². The van der Waals surface area contributed by atoms with Gasteiger partial charge in [0, 0.05) is 12.4 Å². The van der Waals surface area contributed by atoms with E-state index in [2.05, 4.69) is 20.4 Å². The van der Waals surface area contributed by atoms with E-state index in [0.29, 0.717) is 0 Å². The highest BCUT2D eigenvalue weighted by Crippen LogP contribution is 2.21. The lowest BCUT2D eigenvalue weighted by Crippen LogP contribution is -2.37. The number of aliphatic hydroxyl groups is 1. The van der Waals surface area contributed by atoms with Crippen LogP contribution in [0.3, 0.4) is 0 Å². The highest BCUT2D eigenvalue weighted by molar-refractivity contribution is 7.91. The normalized spacial score (nSPS) is 23.0. The van der Waals surface area contributed by atoms with Crippen molar-refractivity contribution in [1.29, 1.82) is 0 Å². The number of nitrogens with zero attached hydrogens (tertiary/aromatic N) is 2. The molecule has 0 aliphatic carbocycles. The molecule has 0 amide bonds. The van der Waals surface area contributed by atoms with E-state index in [9.17, 15) is 23.1 Å². The Kier molecular flexibility index (Phi) is 3.60. The average Bonchev–Trinajstić information content (AvgIpc) is 2.97. The van der Waals surface area contributed by atoms with Crippen molar-refractivity contribution in [1.82, 2.24) is 14.9 Å². The molecule has 3 aliphatic heterocycles. The van der Waals surface area contributed by atoms with Gasteiger partial charge in [0.05, 0.1) is 36.3 Å².